The van der Waals surface area contributed by atoms with Gasteiger partial charge in [0, 0.05) is 12.2 Å². The smallest absolute Gasteiger partial charge is 0.123 e. The summed E-state index contributed by atoms with van der Waals surface area (Å²) in [5.74, 6) is 1.64. The molecule has 2 rings (SSSR count). The minimum Gasteiger partial charge on any atom is -0.496 e. The zero-order chi connectivity index (χ0) is 14.5. The molecule has 0 bridgehead atoms. The van der Waals surface area contributed by atoms with Crippen molar-refractivity contribution in [2.24, 2.45) is 5.92 Å². The summed E-state index contributed by atoms with van der Waals surface area (Å²) in [6.45, 7) is 8.03. The molecule has 0 saturated heterocycles. The van der Waals surface area contributed by atoms with Crippen LogP contribution in [0.2, 0.25) is 0 Å². The van der Waals surface area contributed by atoms with Crippen molar-refractivity contribution in [3.05, 3.63) is 29.3 Å². The molecular weight excluding hydrogens is 250 g/mol. The summed E-state index contributed by atoms with van der Waals surface area (Å²) in [5, 5.41) is 3.60. The van der Waals surface area contributed by atoms with Crippen molar-refractivity contribution in [1.82, 2.24) is 5.32 Å². The van der Waals surface area contributed by atoms with Crippen molar-refractivity contribution in [3.63, 3.8) is 0 Å². The average molecular weight is 277 g/mol. The van der Waals surface area contributed by atoms with Gasteiger partial charge in [0.1, 0.15) is 5.75 Å². The van der Waals surface area contributed by atoms with Gasteiger partial charge in [-0.3, -0.25) is 0 Å². The summed E-state index contributed by atoms with van der Waals surface area (Å²) in [4.78, 5) is 0. The maximum absolute atomic E-state index is 6.06. The molecule has 0 aliphatic heterocycles. The lowest BCUT2D eigenvalue weighted by molar-refractivity contribution is 0.0184. The Morgan fingerprint density at radius 1 is 1.30 bits per heavy atom. The Kier molecular flexibility index (Phi) is 5.44. The first kappa shape index (κ1) is 15.3. The van der Waals surface area contributed by atoms with Gasteiger partial charge in [-0.15, -0.1) is 0 Å². The third-order valence-electron chi connectivity index (χ3n) is 3.92. The fraction of sp³-hybridized carbons (Fsp3) is 0.647. The van der Waals surface area contributed by atoms with Gasteiger partial charge in [0.15, 0.2) is 0 Å². The van der Waals surface area contributed by atoms with Crippen LogP contribution in [0, 0.1) is 12.8 Å². The van der Waals surface area contributed by atoms with Crippen molar-refractivity contribution in [2.75, 3.05) is 20.3 Å². The van der Waals surface area contributed by atoms with Gasteiger partial charge >= 0.3 is 0 Å². The van der Waals surface area contributed by atoms with E-state index < -0.39 is 0 Å². The molecule has 1 saturated carbocycles. The third kappa shape index (κ3) is 3.53. The topological polar surface area (TPSA) is 30.5 Å². The normalized spacial score (nSPS) is 17.8. The Labute approximate surface area is 122 Å². The largest absolute Gasteiger partial charge is 0.496 e. The Bertz CT molecular complexity index is 429. The Hall–Kier alpha value is -1.06. The third-order valence-corrected chi connectivity index (χ3v) is 3.92. The summed E-state index contributed by atoms with van der Waals surface area (Å²) in [5.41, 5.74) is 2.48. The fourth-order valence-corrected chi connectivity index (χ4v) is 2.84. The number of aryl methyl sites for hydroxylation is 1. The van der Waals surface area contributed by atoms with E-state index in [-0.39, 0.29) is 12.1 Å². The van der Waals surface area contributed by atoms with Gasteiger partial charge in [0.25, 0.3) is 0 Å². The minimum atomic E-state index is 0.210. The minimum absolute atomic E-state index is 0.210. The number of likely N-dealkylation sites (N-methyl/N-ethyl adjacent to an activating group) is 1. The lowest BCUT2D eigenvalue weighted by Crippen LogP contribution is -2.35. The zero-order valence-corrected chi connectivity index (χ0v) is 13.1. The summed E-state index contributed by atoms with van der Waals surface area (Å²) >= 11 is 0. The zero-order valence-electron chi connectivity index (χ0n) is 13.1. The molecule has 0 radical (unpaired) electrons. The van der Waals surface area contributed by atoms with E-state index in [0.717, 1.165) is 18.9 Å². The Morgan fingerprint density at radius 3 is 2.60 bits per heavy atom. The number of benzene rings is 1. The highest BCUT2D eigenvalue weighted by atomic mass is 16.5. The lowest BCUT2D eigenvalue weighted by Gasteiger charge is -2.29. The molecule has 3 nitrogen and oxygen atoms in total. The quantitative estimate of drug-likeness (QED) is 0.789. The molecular formula is C17H27NO2. The van der Waals surface area contributed by atoms with Crippen LogP contribution in [-0.2, 0) is 4.74 Å². The Balaban J connectivity index is 2.32. The maximum Gasteiger partial charge on any atom is 0.123 e. The number of hydrogen-bond acceptors (Lipinski definition) is 3. The molecule has 1 aliphatic carbocycles. The van der Waals surface area contributed by atoms with Crippen molar-refractivity contribution in [2.45, 2.75) is 45.8 Å². The second kappa shape index (κ2) is 7.09. The van der Waals surface area contributed by atoms with Crippen LogP contribution in [0.25, 0.3) is 0 Å². The summed E-state index contributed by atoms with van der Waals surface area (Å²) in [6.07, 6.45) is 2.80. The molecule has 0 amide bonds. The molecule has 112 valence electrons. The van der Waals surface area contributed by atoms with E-state index >= 15 is 0 Å². The first-order valence-corrected chi connectivity index (χ1v) is 7.70. The van der Waals surface area contributed by atoms with Crippen LogP contribution >= 0.6 is 0 Å². The highest BCUT2D eigenvalue weighted by molar-refractivity contribution is 5.40. The molecule has 2 atom stereocenters. The molecule has 0 heterocycles. The lowest BCUT2D eigenvalue weighted by atomic mass is 9.95. The SMILES string of the molecule is CCNC(c1cc(C)ccc1OC)C(OCC)C1CC1. The summed E-state index contributed by atoms with van der Waals surface area (Å²) in [6, 6.07) is 6.59. The predicted molar refractivity (Wildman–Crippen MR) is 82.3 cm³/mol. The predicted octanol–water partition coefficient (Wildman–Crippen LogP) is 3.47. The van der Waals surface area contributed by atoms with Crippen LogP contribution < -0.4 is 10.1 Å². The van der Waals surface area contributed by atoms with Crippen molar-refractivity contribution >= 4 is 0 Å². The fourth-order valence-electron chi connectivity index (χ4n) is 2.84. The van der Waals surface area contributed by atoms with Crippen molar-refractivity contribution in [1.29, 1.82) is 0 Å². The van der Waals surface area contributed by atoms with E-state index in [9.17, 15) is 0 Å². The first-order valence-electron chi connectivity index (χ1n) is 7.70. The van der Waals surface area contributed by atoms with E-state index in [1.54, 1.807) is 7.11 Å². The van der Waals surface area contributed by atoms with Crippen LogP contribution in [0.4, 0.5) is 0 Å². The number of methoxy groups -OCH3 is 1. The highest BCUT2D eigenvalue weighted by Gasteiger charge is 2.38. The number of hydrogen-bond donors (Lipinski definition) is 1. The number of nitrogens with one attached hydrogen (secondary N) is 1. The molecule has 20 heavy (non-hydrogen) atoms. The molecule has 3 heteroatoms. The average Bonchev–Trinajstić information content (AvgIpc) is 3.27. The van der Waals surface area contributed by atoms with Gasteiger partial charge in [0.05, 0.1) is 19.3 Å². The standard InChI is InChI=1S/C17H27NO2/c1-5-18-16(17(20-6-2)13-8-9-13)14-11-12(3)7-10-15(14)19-4/h7,10-11,13,16-18H,5-6,8-9H2,1-4H3. The number of rotatable bonds is 8. The summed E-state index contributed by atoms with van der Waals surface area (Å²) in [7, 11) is 1.74. The van der Waals surface area contributed by atoms with E-state index in [1.807, 2.05) is 0 Å². The van der Waals surface area contributed by atoms with Crippen LogP contribution in [0.15, 0.2) is 18.2 Å². The van der Waals surface area contributed by atoms with Crippen LogP contribution in [0.3, 0.4) is 0 Å². The monoisotopic (exact) mass is 277 g/mol. The molecule has 1 N–H and O–H groups in total. The van der Waals surface area contributed by atoms with Crippen LogP contribution in [0.1, 0.15) is 43.9 Å². The van der Waals surface area contributed by atoms with Crippen LogP contribution in [0.5, 0.6) is 5.75 Å². The summed E-state index contributed by atoms with van der Waals surface area (Å²) < 4.78 is 11.6. The van der Waals surface area contributed by atoms with E-state index in [4.69, 9.17) is 9.47 Å². The van der Waals surface area contributed by atoms with Gasteiger partial charge in [-0.1, -0.05) is 24.6 Å². The molecule has 1 fully saturated rings. The highest BCUT2D eigenvalue weighted by Crippen LogP contribution is 2.42. The van der Waals surface area contributed by atoms with E-state index in [2.05, 4.69) is 44.3 Å². The van der Waals surface area contributed by atoms with E-state index in [0.29, 0.717) is 5.92 Å². The van der Waals surface area contributed by atoms with Gasteiger partial charge in [-0.2, -0.15) is 0 Å². The second-order valence-corrected chi connectivity index (χ2v) is 5.54. The van der Waals surface area contributed by atoms with Crippen LogP contribution in [-0.4, -0.2) is 26.4 Å². The van der Waals surface area contributed by atoms with Crippen molar-refractivity contribution < 1.29 is 9.47 Å². The molecule has 2 unspecified atom stereocenters. The Morgan fingerprint density at radius 2 is 2.05 bits per heavy atom. The molecule has 1 aromatic carbocycles. The van der Waals surface area contributed by atoms with E-state index in [1.165, 1.54) is 24.0 Å². The second-order valence-electron chi connectivity index (χ2n) is 5.54. The molecule has 1 aromatic rings. The number of ether oxygens (including phenoxy) is 2. The van der Waals surface area contributed by atoms with Gasteiger partial charge in [-0.05, 0) is 45.2 Å². The van der Waals surface area contributed by atoms with Gasteiger partial charge in [-0.25, -0.2) is 0 Å². The van der Waals surface area contributed by atoms with Gasteiger partial charge < -0.3 is 14.8 Å². The maximum atomic E-state index is 6.06. The molecule has 0 spiro atoms. The molecule has 1 aliphatic rings. The molecule has 0 aromatic heterocycles. The first-order chi connectivity index (χ1) is 9.71. The van der Waals surface area contributed by atoms with Crippen molar-refractivity contribution in [3.8, 4) is 5.75 Å². The van der Waals surface area contributed by atoms with Gasteiger partial charge in [0.2, 0.25) is 0 Å².